The van der Waals surface area contributed by atoms with E-state index in [1.54, 1.807) is 18.4 Å². The summed E-state index contributed by atoms with van der Waals surface area (Å²) < 4.78 is 2.24. The fourth-order valence-corrected chi connectivity index (χ4v) is 6.57. The first-order valence-corrected chi connectivity index (χ1v) is 11.8. The Morgan fingerprint density at radius 2 is 1.82 bits per heavy atom. The Hall–Kier alpha value is -1.40. The average Bonchev–Trinajstić information content (AvgIpc) is 3.26. The fraction of sp³-hybridized carbons (Fsp3) is 0.727. The number of aromatic nitrogens is 2. The van der Waals surface area contributed by atoms with E-state index in [9.17, 15) is 9.90 Å². The molecule has 0 unspecified atom stereocenters. The van der Waals surface area contributed by atoms with Gasteiger partial charge >= 0.3 is 0 Å². The van der Waals surface area contributed by atoms with Crippen LogP contribution < -0.4 is 5.32 Å². The summed E-state index contributed by atoms with van der Waals surface area (Å²) in [5.74, 6) is 1.10. The zero-order valence-corrected chi connectivity index (χ0v) is 18.0. The minimum atomic E-state index is 0.0369. The molecule has 0 atom stereocenters. The fourth-order valence-electron chi connectivity index (χ4n) is 5.21. The van der Waals surface area contributed by atoms with Crippen LogP contribution in [-0.4, -0.2) is 34.4 Å². The van der Waals surface area contributed by atoms with Crippen molar-refractivity contribution in [2.75, 3.05) is 13.7 Å². The lowest BCUT2D eigenvalue weighted by Gasteiger charge is -2.27. The highest BCUT2D eigenvalue weighted by molar-refractivity contribution is 7.20. The molecule has 0 aromatic carbocycles. The van der Waals surface area contributed by atoms with Crippen molar-refractivity contribution < 1.29 is 9.90 Å². The average molecular weight is 404 g/mol. The van der Waals surface area contributed by atoms with Gasteiger partial charge in [0, 0.05) is 19.0 Å². The highest BCUT2D eigenvalue weighted by Gasteiger charge is 2.29. The lowest BCUT2D eigenvalue weighted by molar-refractivity contribution is 0.0966. The van der Waals surface area contributed by atoms with Crippen LogP contribution in [0.3, 0.4) is 0 Å². The highest BCUT2D eigenvalue weighted by Crippen LogP contribution is 2.41. The molecule has 2 aromatic rings. The number of rotatable bonds is 5. The third-order valence-electron chi connectivity index (χ3n) is 6.89. The second-order valence-corrected chi connectivity index (χ2v) is 9.76. The molecule has 0 spiro atoms. The van der Waals surface area contributed by atoms with Crippen LogP contribution in [0.15, 0.2) is 0 Å². The number of hydrogen-bond donors (Lipinski definition) is 2. The zero-order chi connectivity index (χ0) is 19.7. The third-order valence-corrected chi connectivity index (χ3v) is 8.11. The second kappa shape index (κ2) is 8.54. The van der Waals surface area contributed by atoms with Crippen molar-refractivity contribution in [3.05, 3.63) is 16.1 Å². The molecular weight excluding hydrogens is 370 g/mol. The number of aliphatic hydroxyl groups excluding tert-OH is 1. The van der Waals surface area contributed by atoms with Crippen LogP contribution in [0.5, 0.6) is 0 Å². The van der Waals surface area contributed by atoms with Gasteiger partial charge in [0.1, 0.15) is 4.83 Å². The smallest absolute Gasteiger partial charge is 0.261 e. The third kappa shape index (κ3) is 3.73. The van der Waals surface area contributed by atoms with E-state index in [1.807, 2.05) is 0 Å². The standard InChI is InChI=1S/C22H33N3O2S/c1-14-19-18(12-15-8-10-16(13-26)11-9-15)20(21(27)23-2)28-22(19)25(24-14)17-6-4-3-5-7-17/h15-17,26H,3-13H2,1-2H3,(H,23,27). The summed E-state index contributed by atoms with van der Waals surface area (Å²) in [5, 5.41) is 18.5. The Balaban J connectivity index is 1.69. The number of carbonyl (C=O) groups excluding carboxylic acids is 1. The Labute approximate surface area is 171 Å². The first-order chi connectivity index (χ1) is 13.6. The van der Waals surface area contributed by atoms with Crippen LogP contribution >= 0.6 is 11.3 Å². The molecule has 0 bridgehead atoms. The number of amides is 1. The maximum absolute atomic E-state index is 12.7. The van der Waals surface area contributed by atoms with E-state index in [1.165, 1.54) is 47.9 Å². The normalized spacial score (nSPS) is 24.0. The zero-order valence-electron chi connectivity index (χ0n) is 17.2. The Bertz CT molecular complexity index is 827. The van der Waals surface area contributed by atoms with E-state index in [0.717, 1.165) is 42.7 Å². The van der Waals surface area contributed by atoms with Gasteiger partial charge in [-0.2, -0.15) is 5.10 Å². The van der Waals surface area contributed by atoms with Crippen molar-refractivity contribution in [3.63, 3.8) is 0 Å². The largest absolute Gasteiger partial charge is 0.396 e. The molecule has 2 aromatic heterocycles. The highest BCUT2D eigenvalue weighted by atomic mass is 32.1. The summed E-state index contributed by atoms with van der Waals surface area (Å²) in [6.07, 6.45) is 11.7. The van der Waals surface area contributed by atoms with Crippen molar-refractivity contribution in [3.8, 4) is 0 Å². The Kier molecular flexibility index (Phi) is 6.07. The number of aliphatic hydroxyl groups is 1. The van der Waals surface area contributed by atoms with E-state index in [4.69, 9.17) is 5.10 Å². The molecule has 154 valence electrons. The van der Waals surface area contributed by atoms with Gasteiger partial charge in [-0.1, -0.05) is 19.3 Å². The molecule has 6 heteroatoms. The van der Waals surface area contributed by atoms with Gasteiger partial charge in [0.2, 0.25) is 0 Å². The number of aryl methyl sites for hydroxylation is 1. The molecular formula is C22H33N3O2S. The molecule has 2 heterocycles. The predicted molar refractivity (Wildman–Crippen MR) is 114 cm³/mol. The van der Waals surface area contributed by atoms with Crippen molar-refractivity contribution in [1.82, 2.24) is 15.1 Å². The number of fused-ring (bicyclic) bond motifs is 1. The van der Waals surface area contributed by atoms with Gasteiger partial charge in [0.15, 0.2) is 0 Å². The quantitative estimate of drug-likeness (QED) is 0.766. The van der Waals surface area contributed by atoms with Crippen LogP contribution in [0.4, 0.5) is 0 Å². The molecule has 2 saturated carbocycles. The van der Waals surface area contributed by atoms with Crippen LogP contribution in [0.25, 0.3) is 10.2 Å². The van der Waals surface area contributed by atoms with E-state index in [0.29, 0.717) is 24.5 Å². The maximum atomic E-state index is 12.7. The Morgan fingerprint density at radius 1 is 1.14 bits per heavy atom. The second-order valence-electron chi connectivity index (χ2n) is 8.76. The van der Waals surface area contributed by atoms with Gasteiger partial charge in [-0.3, -0.25) is 9.48 Å². The predicted octanol–water partition coefficient (Wildman–Crippen LogP) is 4.61. The van der Waals surface area contributed by atoms with Gasteiger partial charge in [-0.15, -0.1) is 11.3 Å². The van der Waals surface area contributed by atoms with Crippen molar-refractivity contribution >= 4 is 27.5 Å². The molecule has 0 aliphatic heterocycles. The first-order valence-electron chi connectivity index (χ1n) is 11.0. The van der Waals surface area contributed by atoms with Crippen LogP contribution in [-0.2, 0) is 6.42 Å². The monoisotopic (exact) mass is 403 g/mol. The molecule has 28 heavy (non-hydrogen) atoms. The molecule has 0 saturated heterocycles. The first kappa shape index (κ1) is 19.9. The van der Waals surface area contributed by atoms with E-state index < -0.39 is 0 Å². The van der Waals surface area contributed by atoms with Gasteiger partial charge in [0.25, 0.3) is 5.91 Å². The van der Waals surface area contributed by atoms with E-state index >= 15 is 0 Å². The molecule has 2 N–H and O–H groups in total. The summed E-state index contributed by atoms with van der Waals surface area (Å²) in [6.45, 7) is 2.42. The topological polar surface area (TPSA) is 67.2 Å². The number of nitrogens with zero attached hydrogens (tertiary/aromatic N) is 2. The number of carbonyl (C=O) groups is 1. The minimum absolute atomic E-state index is 0.0369. The van der Waals surface area contributed by atoms with Gasteiger partial charge in [-0.25, -0.2) is 0 Å². The van der Waals surface area contributed by atoms with Crippen molar-refractivity contribution in [2.24, 2.45) is 11.8 Å². The van der Waals surface area contributed by atoms with Crippen LogP contribution in [0.2, 0.25) is 0 Å². The summed E-state index contributed by atoms with van der Waals surface area (Å²) in [5.41, 5.74) is 2.29. The summed E-state index contributed by atoms with van der Waals surface area (Å²) in [6, 6.07) is 0.481. The molecule has 2 fully saturated rings. The van der Waals surface area contributed by atoms with Crippen molar-refractivity contribution in [2.45, 2.75) is 77.2 Å². The maximum Gasteiger partial charge on any atom is 0.261 e. The Morgan fingerprint density at radius 3 is 2.46 bits per heavy atom. The molecule has 2 aliphatic carbocycles. The lowest BCUT2D eigenvalue weighted by Crippen LogP contribution is -2.21. The molecule has 1 amide bonds. The van der Waals surface area contributed by atoms with Crippen LogP contribution in [0.1, 0.15) is 84.8 Å². The molecule has 5 nitrogen and oxygen atoms in total. The van der Waals surface area contributed by atoms with E-state index in [2.05, 4.69) is 16.9 Å². The molecule has 4 rings (SSSR count). The summed E-state index contributed by atoms with van der Waals surface area (Å²) >= 11 is 1.64. The summed E-state index contributed by atoms with van der Waals surface area (Å²) in [7, 11) is 1.73. The van der Waals surface area contributed by atoms with Crippen LogP contribution in [0, 0.1) is 18.8 Å². The SMILES string of the molecule is CNC(=O)c1sc2c(c(C)nn2C2CCCCC2)c1CC1CCC(CO)CC1. The van der Waals surface area contributed by atoms with Gasteiger partial charge < -0.3 is 10.4 Å². The molecule has 2 aliphatic rings. The lowest BCUT2D eigenvalue weighted by atomic mass is 9.79. The number of hydrogen-bond acceptors (Lipinski definition) is 4. The van der Waals surface area contributed by atoms with Gasteiger partial charge in [0.05, 0.1) is 16.6 Å². The van der Waals surface area contributed by atoms with E-state index in [-0.39, 0.29) is 5.91 Å². The van der Waals surface area contributed by atoms with Gasteiger partial charge in [-0.05, 0) is 69.3 Å². The number of nitrogens with one attached hydrogen (secondary N) is 1. The molecule has 0 radical (unpaired) electrons. The van der Waals surface area contributed by atoms with Crippen molar-refractivity contribution in [1.29, 1.82) is 0 Å². The number of thiophene rings is 1. The summed E-state index contributed by atoms with van der Waals surface area (Å²) in [4.78, 5) is 14.8. The minimum Gasteiger partial charge on any atom is -0.396 e.